The summed E-state index contributed by atoms with van der Waals surface area (Å²) in [5, 5.41) is 13.9. The summed E-state index contributed by atoms with van der Waals surface area (Å²) < 4.78 is 49.6. The molecule has 0 atom stereocenters. The zero-order valence-electron chi connectivity index (χ0n) is 14.6. The van der Waals surface area contributed by atoms with E-state index in [0.717, 1.165) is 25.2 Å². The number of carbonyl (C=O) groups is 1. The fraction of sp³-hybridized carbons (Fsp3) is 0.312. The Hall–Kier alpha value is -2.82. The van der Waals surface area contributed by atoms with Gasteiger partial charge in [-0.2, -0.15) is 13.2 Å². The fourth-order valence-corrected chi connectivity index (χ4v) is 2.51. The zero-order chi connectivity index (χ0) is 21.1. The topological polar surface area (TPSA) is 96.5 Å². The van der Waals surface area contributed by atoms with Crippen LogP contribution in [0, 0.1) is 16.5 Å². The van der Waals surface area contributed by atoms with Gasteiger partial charge >= 0.3 is 12.1 Å². The molecule has 0 aliphatic carbocycles. The minimum Gasteiger partial charge on any atom is -0.462 e. The molecule has 0 bridgehead atoms. The Morgan fingerprint density at radius 3 is 2.64 bits per heavy atom. The molecule has 0 fully saturated rings. The van der Waals surface area contributed by atoms with E-state index in [2.05, 4.69) is 5.10 Å². The molecule has 0 amide bonds. The summed E-state index contributed by atoms with van der Waals surface area (Å²) in [6, 6.07) is 3.06. The minimum atomic E-state index is -4.76. The van der Waals surface area contributed by atoms with E-state index in [0.29, 0.717) is 11.1 Å². The van der Waals surface area contributed by atoms with Crippen molar-refractivity contribution in [3.63, 3.8) is 0 Å². The van der Waals surface area contributed by atoms with Crippen LogP contribution in [0.15, 0.2) is 18.2 Å². The first-order valence-corrected chi connectivity index (χ1v) is 8.15. The largest absolute Gasteiger partial charge is 0.462 e. The van der Waals surface area contributed by atoms with Crippen molar-refractivity contribution in [1.29, 1.82) is 0 Å². The third-order valence-corrected chi connectivity index (χ3v) is 3.81. The van der Waals surface area contributed by atoms with Crippen molar-refractivity contribution in [2.75, 3.05) is 6.61 Å². The van der Waals surface area contributed by atoms with Crippen LogP contribution in [0.25, 0.3) is 0 Å². The number of unbranched alkanes of at least 4 members (excludes halogenated alkanes) is 1. The van der Waals surface area contributed by atoms with Gasteiger partial charge in [-0.15, -0.1) is 5.10 Å². The molecule has 1 heterocycles. The molecule has 0 unspecified atom stereocenters. The molecule has 0 saturated carbocycles. The molecular formula is C16H14ClF3N3O5. The van der Waals surface area contributed by atoms with Crippen molar-refractivity contribution in [2.45, 2.75) is 19.5 Å². The molecule has 28 heavy (non-hydrogen) atoms. The van der Waals surface area contributed by atoms with Gasteiger partial charge in [0.2, 0.25) is 0 Å². The standard InChI is InChI=1S/C16H14ClF3N3O5/c1-3-4-7-27-15(24)10-8-9(5-6-11(10)23(25)26)28-14-12(17)13(16(18,19)20)22(2)21-14/h3,5-6,8H,4,7H2,1-2H3. The van der Waals surface area contributed by atoms with E-state index in [1.807, 2.05) is 0 Å². The average Bonchev–Trinajstić information content (AvgIpc) is 2.88. The number of esters is 1. The quantitative estimate of drug-likeness (QED) is 0.282. The van der Waals surface area contributed by atoms with E-state index in [-0.39, 0.29) is 12.4 Å². The lowest BCUT2D eigenvalue weighted by atomic mass is 10.1. The maximum atomic E-state index is 13.0. The van der Waals surface area contributed by atoms with E-state index >= 15 is 0 Å². The Labute approximate surface area is 161 Å². The van der Waals surface area contributed by atoms with Crippen LogP contribution < -0.4 is 4.74 Å². The zero-order valence-corrected chi connectivity index (χ0v) is 15.4. The van der Waals surface area contributed by atoms with Gasteiger partial charge in [-0.1, -0.05) is 18.5 Å². The summed E-state index contributed by atoms with van der Waals surface area (Å²) in [6.07, 6.45) is -2.58. The second-order valence-electron chi connectivity index (χ2n) is 5.46. The van der Waals surface area contributed by atoms with Crippen LogP contribution in [0.5, 0.6) is 11.6 Å². The number of ether oxygens (including phenoxy) is 2. The lowest BCUT2D eigenvalue weighted by Gasteiger charge is -2.08. The summed E-state index contributed by atoms with van der Waals surface area (Å²) >= 11 is 5.70. The van der Waals surface area contributed by atoms with Gasteiger partial charge in [0.1, 0.15) is 16.3 Å². The van der Waals surface area contributed by atoms with E-state index in [1.165, 1.54) is 0 Å². The van der Waals surface area contributed by atoms with E-state index in [1.54, 1.807) is 13.3 Å². The summed E-state index contributed by atoms with van der Waals surface area (Å²) in [7, 11) is 1.03. The number of aromatic nitrogens is 2. The lowest BCUT2D eigenvalue weighted by Crippen LogP contribution is -2.12. The van der Waals surface area contributed by atoms with Gasteiger partial charge in [-0.05, 0) is 18.9 Å². The summed E-state index contributed by atoms with van der Waals surface area (Å²) in [5.74, 6) is -1.71. The molecule has 0 spiro atoms. The first-order valence-electron chi connectivity index (χ1n) is 7.77. The predicted molar refractivity (Wildman–Crippen MR) is 91.3 cm³/mol. The highest BCUT2D eigenvalue weighted by atomic mass is 35.5. The Kier molecular flexibility index (Phi) is 6.49. The number of aryl methyl sites for hydroxylation is 1. The third kappa shape index (κ3) is 4.71. The number of hydrogen-bond donors (Lipinski definition) is 0. The molecule has 1 radical (unpaired) electrons. The normalized spacial score (nSPS) is 11.4. The van der Waals surface area contributed by atoms with Crippen molar-refractivity contribution in [3.8, 4) is 11.6 Å². The van der Waals surface area contributed by atoms with Gasteiger partial charge < -0.3 is 9.47 Å². The second kappa shape index (κ2) is 8.46. The lowest BCUT2D eigenvalue weighted by molar-refractivity contribution is -0.385. The van der Waals surface area contributed by atoms with E-state index in [4.69, 9.17) is 21.1 Å². The summed E-state index contributed by atoms with van der Waals surface area (Å²) in [5.41, 5.74) is -2.18. The first kappa shape index (κ1) is 21.5. The number of rotatable bonds is 7. The molecular weight excluding hydrogens is 407 g/mol. The highest BCUT2D eigenvalue weighted by Gasteiger charge is 2.39. The van der Waals surface area contributed by atoms with Crippen molar-refractivity contribution in [2.24, 2.45) is 7.05 Å². The molecule has 0 aliphatic rings. The number of alkyl halides is 3. The second-order valence-corrected chi connectivity index (χ2v) is 5.84. The highest BCUT2D eigenvalue weighted by Crippen LogP contribution is 2.40. The number of hydrogen-bond acceptors (Lipinski definition) is 6. The third-order valence-electron chi connectivity index (χ3n) is 3.47. The molecule has 12 heteroatoms. The van der Waals surface area contributed by atoms with Crippen LogP contribution in [0.2, 0.25) is 5.02 Å². The van der Waals surface area contributed by atoms with Gasteiger partial charge in [0.05, 0.1) is 11.5 Å². The van der Waals surface area contributed by atoms with Crippen molar-refractivity contribution >= 4 is 23.3 Å². The molecule has 1 aromatic carbocycles. The Morgan fingerprint density at radius 1 is 1.43 bits per heavy atom. The molecule has 0 aliphatic heterocycles. The fourth-order valence-electron chi connectivity index (χ4n) is 2.21. The van der Waals surface area contributed by atoms with Gasteiger partial charge in [-0.25, -0.2) is 4.79 Å². The number of nitro benzene ring substituents is 1. The number of benzene rings is 1. The van der Waals surface area contributed by atoms with Crippen LogP contribution in [0.4, 0.5) is 18.9 Å². The minimum absolute atomic E-state index is 0.0125. The van der Waals surface area contributed by atoms with Crippen molar-refractivity contribution < 1.29 is 32.4 Å². The molecule has 1 aromatic heterocycles. The van der Waals surface area contributed by atoms with Crippen LogP contribution in [-0.4, -0.2) is 27.3 Å². The first-order chi connectivity index (χ1) is 13.1. The van der Waals surface area contributed by atoms with Crippen LogP contribution in [0.3, 0.4) is 0 Å². The predicted octanol–water partition coefficient (Wildman–Crippen LogP) is 4.56. The SMILES string of the molecule is C[CH]CCOC(=O)c1cc(Oc2nn(C)c(C(F)(F)F)c2Cl)ccc1[N+](=O)[O-]. The van der Waals surface area contributed by atoms with Crippen LogP contribution in [0.1, 0.15) is 29.4 Å². The maximum absolute atomic E-state index is 13.0. The van der Waals surface area contributed by atoms with Gasteiger partial charge in [0.15, 0.2) is 5.69 Å². The molecule has 2 rings (SSSR count). The highest BCUT2D eigenvalue weighted by molar-refractivity contribution is 6.32. The smallest absolute Gasteiger partial charge is 0.434 e. The van der Waals surface area contributed by atoms with Crippen molar-refractivity contribution in [1.82, 2.24) is 9.78 Å². The van der Waals surface area contributed by atoms with E-state index < -0.39 is 44.9 Å². The average molecular weight is 421 g/mol. The Balaban J connectivity index is 2.36. The Morgan fingerprint density at radius 2 is 2.11 bits per heavy atom. The number of nitrogens with zero attached hydrogens (tertiary/aromatic N) is 3. The van der Waals surface area contributed by atoms with Gasteiger partial charge in [0, 0.05) is 19.2 Å². The number of halogens is 4. The molecule has 2 aromatic rings. The summed E-state index contributed by atoms with van der Waals surface area (Å²) in [4.78, 5) is 22.5. The maximum Gasteiger partial charge on any atom is 0.434 e. The Bertz CT molecular complexity index is 898. The molecule has 8 nitrogen and oxygen atoms in total. The molecule has 0 saturated heterocycles. The summed E-state index contributed by atoms with van der Waals surface area (Å²) in [6.45, 7) is 1.76. The molecule has 0 N–H and O–H groups in total. The number of nitro groups is 1. The van der Waals surface area contributed by atoms with Crippen molar-refractivity contribution in [3.05, 3.63) is 51.0 Å². The van der Waals surface area contributed by atoms with E-state index in [9.17, 15) is 28.1 Å². The monoisotopic (exact) mass is 420 g/mol. The van der Waals surface area contributed by atoms with Crippen LogP contribution in [-0.2, 0) is 18.0 Å². The molecule has 151 valence electrons. The number of carbonyl (C=O) groups excluding carboxylic acids is 1. The van der Waals surface area contributed by atoms with Gasteiger partial charge in [-0.3, -0.25) is 14.8 Å². The van der Waals surface area contributed by atoms with Crippen LogP contribution >= 0.6 is 11.6 Å². The van der Waals surface area contributed by atoms with Gasteiger partial charge in [0.25, 0.3) is 11.6 Å².